The average molecular weight is 839 g/mol. The average Bonchev–Trinajstić information content (AvgIpc) is 3.25. The van der Waals surface area contributed by atoms with E-state index in [1.165, 1.54) is 0 Å². The van der Waals surface area contributed by atoms with E-state index >= 15 is 0 Å². The van der Waals surface area contributed by atoms with Crippen molar-refractivity contribution in [2.24, 2.45) is 43.0 Å². The third kappa shape index (κ3) is 14.3. The first-order chi connectivity index (χ1) is 30.2. The number of aliphatic imine (C=N–C) groups is 3. The van der Waals surface area contributed by atoms with Crippen LogP contribution in [-0.2, 0) is 39.3 Å². The zero-order chi connectivity index (χ0) is 44.1. The van der Waals surface area contributed by atoms with Gasteiger partial charge >= 0.3 is 0 Å². The molecule has 4 bridgehead atoms. The molecule has 20 heteroatoms. The molecule has 20 nitrogen and oxygen atoms in total. The zero-order valence-electron chi connectivity index (χ0n) is 35.0. The van der Waals surface area contributed by atoms with E-state index in [0.717, 1.165) is 85.8 Å². The molecule has 2 aromatic heterocycles. The van der Waals surface area contributed by atoms with Gasteiger partial charge in [-0.3, -0.25) is 19.8 Å². The second kappa shape index (κ2) is 23.9. The van der Waals surface area contributed by atoms with Crippen molar-refractivity contribution in [3.63, 3.8) is 0 Å². The maximum atomic E-state index is 9.26. The molecule has 1 aromatic carbocycles. The molecule has 0 radical (unpaired) electrons. The van der Waals surface area contributed by atoms with Crippen molar-refractivity contribution >= 4 is 23.8 Å². The number of rotatable bonds is 4. The van der Waals surface area contributed by atoms with E-state index in [9.17, 15) is 15.8 Å². The van der Waals surface area contributed by atoms with Crippen LogP contribution in [0.3, 0.4) is 0 Å². The second-order valence-electron chi connectivity index (χ2n) is 15.0. The van der Waals surface area contributed by atoms with Gasteiger partial charge in [-0.05, 0) is 61.1 Å². The van der Waals surface area contributed by atoms with E-state index in [1.807, 2.05) is 56.0 Å². The van der Waals surface area contributed by atoms with Crippen LogP contribution in [0.25, 0.3) is 4.95 Å². The number of fused-ring (bicyclic) bond motifs is 4. The summed E-state index contributed by atoms with van der Waals surface area (Å²) in [5.74, 6) is 0.568. The summed E-state index contributed by atoms with van der Waals surface area (Å²) in [5.41, 5.74) is 30.4. The molecule has 2 aliphatic rings. The van der Waals surface area contributed by atoms with E-state index in [-0.39, 0.29) is 23.8 Å². The van der Waals surface area contributed by atoms with Crippen molar-refractivity contribution in [3.05, 3.63) is 106 Å². The predicted octanol–water partition coefficient (Wildman–Crippen LogP) is 1.81. The minimum Gasteiger partial charge on any atom is -0.369 e. The van der Waals surface area contributed by atoms with Crippen LogP contribution in [-0.4, -0.2) is 116 Å². The topological polar surface area (TPSA) is 274 Å². The number of nitrogens with zero attached hydrogens (tertiary/aromatic N) is 16. The molecule has 5 rings (SSSR count). The number of nitriles is 3. The largest absolute Gasteiger partial charge is 0.369 e. The highest BCUT2D eigenvalue weighted by Crippen LogP contribution is 2.16. The van der Waals surface area contributed by atoms with E-state index in [2.05, 4.69) is 59.1 Å². The summed E-state index contributed by atoms with van der Waals surface area (Å²) in [6.07, 6.45) is 8.47. The van der Waals surface area contributed by atoms with Crippen LogP contribution in [0.5, 0.6) is 0 Å². The lowest BCUT2D eigenvalue weighted by Crippen LogP contribution is -2.41. The fraction of sp³-hybridized carbons (Fsp3) is 0.429. The van der Waals surface area contributed by atoms with Crippen molar-refractivity contribution in [1.82, 2.24) is 39.4 Å². The van der Waals surface area contributed by atoms with Crippen LogP contribution in [0.4, 0.5) is 0 Å². The van der Waals surface area contributed by atoms with E-state index < -0.39 is 0 Å². The van der Waals surface area contributed by atoms with Crippen LogP contribution < -0.4 is 22.9 Å². The van der Waals surface area contributed by atoms with Gasteiger partial charge in [-0.25, -0.2) is 0 Å². The maximum Gasteiger partial charge on any atom is 0.278 e. The molecule has 8 N–H and O–H groups in total. The minimum atomic E-state index is 0.140. The number of nitrogens with two attached hydrogens (primary N) is 4. The summed E-state index contributed by atoms with van der Waals surface area (Å²) in [6, 6.07) is 20.1. The van der Waals surface area contributed by atoms with Crippen molar-refractivity contribution in [2.75, 3.05) is 52.4 Å². The Morgan fingerprint density at radius 2 is 0.823 bits per heavy atom. The SMILES string of the molecule is [C-]#[N+]N=C(N)N1CCCN(Cc2ccc(CN3CCCN(C(N)=NC#N)Cc4cccc(n4)CN(C(N)=NC#N)CCC3)cc2)CCCN(C(N)=NC#N)Cc2cccc(n2)C1. The van der Waals surface area contributed by atoms with Crippen molar-refractivity contribution in [3.8, 4) is 18.6 Å². The molecule has 0 saturated heterocycles. The molecule has 0 saturated carbocycles. The molecule has 0 unspecified atom stereocenters. The van der Waals surface area contributed by atoms with Crippen molar-refractivity contribution in [1.29, 1.82) is 15.8 Å². The Kier molecular flexibility index (Phi) is 17.6. The smallest absolute Gasteiger partial charge is 0.278 e. The van der Waals surface area contributed by atoms with Gasteiger partial charge in [-0.15, -0.1) is 19.9 Å². The molecule has 0 aliphatic carbocycles. The summed E-state index contributed by atoms with van der Waals surface area (Å²) in [5, 5.41) is 31.6. The van der Waals surface area contributed by atoms with Gasteiger partial charge < -0.3 is 42.5 Å². The molecular weight excluding hydrogens is 785 g/mol. The Bertz CT molecular complexity index is 1940. The molecule has 0 amide bonds. The highest BCUT2D eigenvalue weighted by Gasteiger charge is 2.19. The van der Waals surface area contributed by atoms with Crippen LogP contribution in [0.1, 0.15) is 59.6 Å². The number of hydrogen-bond donors (Lipinski definition) is 4. The first-order valence-corrected chi connectivity index (χ1v) is 20.5. The predicted molar refractivity (Wildman–Crippen MR) is 236 cm³/mol. The molecular formula is C42H54N20. The van der Waals surface area contributed by atoms with Gasteiger partial charge in [0, 0.05) is 65.4 Å². The van der Waals surface area contributed by atoms with Crippen LogP contribution in [0.15, 0.2) is 80.7 Å². The summed E-state index contributed by atoms with van der Waals surface area (Å²) in [6.45, 7) is 15.5. The van der Waals surface area contributed by atoms with Gasteiger partial charge in [0.05, 0.1) is 49.0 Å². The molecule has 0 spiro atoms. The van der Waals surface area contributed by atoms with Crippen LogP contribution in [0, 0.1) is 40.9 Å². The first-order valence-electron chi connectivity index (χ1n) is 20.5. The van der Waals surface area contributed by atoms with Crippen LogP contribution >= 0.6 is 0 Å². The highest BCUT2D eigenvalue weighted by atomic mass is 15.3. The minimum absolute atomic E-state index is 0.140. The van der Waals surface area contributed by atoms with Crippen LogP contribution in [0.2, 0.25) is 0 Å². The molecule has 2 aliphatic heterocycles. The summed E-state index contributed by atoms with van der Waals surface area (Å²) in [7, 11) is 0. The molecule has 322 valence electrons. The van der Waals surface area contributed by atoms with Gasteiger partial charge in [-0.1, -0.05) is 36.4 Å². The summed E-state index contributed by atoms with van der Waals surface area (Å²) in [4.78, 5) is 36.5. The Balaban J connectivity index is 1.30. The van der Waals surface area contributed by atoms with Crippen molar-refractivity contribution < 1.29 is 0 Å². The van der Waals surface area contributed by atoms with Gasteiger partial charge in [0.25, 0.3) is 5.96 Å². The molecule has 0 fully saturated rings. The van der Waals surface area contributed by atoms with Gasteiger partial charge in [0.2, 0.25) is 36.5 Å². The fourth-order valence-corrected chi connectivity index (χ4v) is 7.52. The molecule has 4 heterocycles. The Morgan fingerprint density at radius 3 is 1.11 bits per heavy atom. The van der Waals surface area contributed by atoms with Gasteiger partial charge in [0.15, 0.2) is 0 Å². The quantitative estimate of drug-likeness (QED) is 0.0959. The van der Waals surface area contributed by atoms with Gasteiger partial charge in [0.1, 0.15) is 5.10 Å². The lowest BCUT2D eigenvalue weighted by Gasteiger charge is -2.29. The highest BCUT2D eigenvalue weighted by molar-refractivity contribution is 5.80. The number of pyridine rings is 2. The standard InChI is InChI=1S/C42H54N20/c1-50-56-42(49)62-23-7-19-58(18-6-22-61(41(48)53-32-45)28-37-10-3-11-38(29-62)55-37)25-34-14-12-33(13-15-34)24-57-16-4-20-59(39(46)51-30-43)26-35-8-2-9-36(54-35)27-60(21-5-17-57)40(47)52-31-44/h2-3,8-15H,4-7,16-29H2,(H2,46,51)(H2,47,52)(H2,48,53)(H2,49,56). The number of aromatic nitrogens is 2. The normalized spacial score (nSPS) is 17.7. The van der Waals surface area contributed by atoms with Gasteiger partial charge in [-0.2, -0.15) is 22.4 Å². The number of hydrogen-bond acceptors (Lipinski definition) is 11. The second-order valence-corrected chi connectivity index (χ2v) is 15.0. The summed E-state index contributed by atoms with van der Waals surface area (Å²) < 4.78 is 0. The van der Waals surface area contributed by atoms with E-state index in [4.69, 9.17) is 39.5 Å². The Labute approximate surface area is 363 Å². The Morgan fingerprint density at radius 1 is 0.516 bits per heavy atom. The van der Waals surface area contributed by atoms with E-state index in [0.29, 0.717) is 65.4 Å². The fourth-order valence-electron chi connectivity index (χ4n) is 7.52. The Hall–Kier alpha value is -7.52. The first kappa shape index (κ1) is 45.6. The lowest BCUT2D eigenvalue weighted by atomic mass is 10.1. The maximum absolute atomic E-state index is 9.26. The third-order valence-electron chi connectivity index (χ3n) is 10.5. The van der Waals surface area contributed by atoms with Crippen molar-refractivity contribution in [2.45, 2.75) is 65.0 Å². The molecule has 62 heavy (non-hydrogen) atoms. The zero-order valence-corrected chi connectivity index (χ0v) is 35.0. The summed E-state index contributed by atoms with van der Waals surface area (Å²) >= 11 is 0. The third-order valence-corrected chi connectivity index (χ3v) is 10.5. The number of benzene rings is 1. The lowest BCUT2D eigenvalue weighted by molar-refractivity contribution is 0.232. The number of guanidine groups is 4. The molecule has 3 aromatic rings. The monoisotopic (exact) mass is 838 g/mol. The van der Waals surface area contributed by atoms with E-state index in [1.54, 1.807) is 18.6 Å². The molecule has 0 atom stereocenters.